The van der Waals surface area contributed by atoms with Crippen LogP contribution in [0.1, 0.15) is 0 Å². The van der Waals surface area contributed by atoms with Crippen LogP contribution in [0.25, 0.3) is 116 Å². The van der Waals surface area contributed by atoms with Crippen LogP contribution in [-0.2, 0) is 0 Å². The van der Waals surface area contributed by atoms with Crippen molar-refractivity contribution in [1.82, 2.24) is 19.5 Å². The lowest BCUT2D eigenvalue weighted by Crippen LogP contribution is -2.00. The first-order valence-corrected chi connectivity index (χ1v) is 18.9. The Morgan fingerprint density at radius 2 is 1.00 bits per heavy atom. The van der Waals surface area contributed by atoms with Gasteiger partial charge in [-0.3, -0.25) is 0 Å². The summed E-state index contributed by atoms with van der Waals surface area (Å²) in [6.45, 7) is 0. The van der Waals surface area contributed by atoms with Gasteiger partial charge in [-0.2, -0.15) is 0 Å². The van der Waals surface area contributed by atoms with Crippen molar-refractivity contribution in [2.24, 2.45) is 0 Å². The van der Waals surface area contributed by atoms with Gasteiger partial charge in [-0.15, -0.1) is 0 Å². The summed E-state index contributed by atoms with van der Waals surface area (Å²) in [4.78, 5) is 15.4. The molecule has 0 fully saturated rings. The number of furan rings is 1. The highest BCUT2D eigenvalue weighted by atomic mass is 16.3. The molecule has 0 atom stereocenters. The number of nitrogens with zero attached hydrogens (tertiary/aromatic N) is 4. The largest absolute Gasteiger partial charge is 0.456 e. The minimum Gasteiger partial charge on any atom is -0.456 e. The van der Waals surface area contributed by atoms with Crippen LogP contribution in [0.3, 0.4) is 0 Å². The summed E-state index contributed by atoms with van der Waals surface area (Å²) in [5.74, 6) is 1.85. The summed E-state index contributed by atoms with van der Waals surface area (Å²) < 4.78 is 9.10. The average Bonchev–Trinajstić information content (AvgIpc) is 3.80. The van der Waals surface area contributed by atoms with Gasteiger partial charge in [0.15, 0.2) is 17.5 Å². The molecular weight excluding hydrogens is 685 g/mol. The molecule has 12 aromatic rings. The van der Waals surface area contributed by atoms with Crippen LogP contribution >= 0.6 is 0 Å². The molecule has 0 unspecified atom stereocenters. The fourth-order valence-electron chi connectivity index (χ4n) is 8.64. The first-order chi connectivity index (χ1) is 27.7. The number of hydrogen-bond donors (Lipinski definition) is 0. The third-order valence-electron chi connectivity index (χ3n) is 11.2. The molecule has 0 N–H and O–H groups in total. The topological polar surface area (TPSA) is 56.7 Å². The zero-order valence-corrected chi connectivity index (χ0v) is 30.0. The van der Waals surface area contributed by atoms with E-state index in [1.54, 1.807) is 0 Å². The van der Waals surface area contributed by atoms with Gasteiger partial charge in [0.05, 0.1) is 11.0 Å². The van der Waals surface area contributed by atoms with Crippen LogP contribution in [0.15, 0.2) is 186 Å². The molecule has 0 saturated carbocycles. The van der Waals surface area contributed by atoms with Crippen LogP contribution in [0.4, 0.5) is 0 Å². The molecule has 260 valence electrons. The Hall–Kier alpha value is -7.63. The maximum absolute atomic E-state index is 6.72. The van der Waals surface area contributed by atoms with Crippen LogP contribution < -0.4 is 0 Å². The second-order valence-electron chi connectivity index (χ2n) is 14.4. The maximum atomic E-state index is 6.72. The third-order valence-corrected chi connectivity index (χ3v) is 11.2. The quantitative estimate of drug-likeness (QED) is 0.182. The number of hydrogen-bond acceptors (Lipinski definition) is 4. The zero-order valence-electron chi connectivity index (χ0n) is 30.0. The van der Waals surface area contributed by atoms with Crippen molar-refractivity contribution in [3.05, 3.63) is 182 Å². The average molecular weight is 715 g/mol. The molecular formula is C51H30N4O. The Kier molecular flexibility index (Phi) is 6.56. The minimum atomic E-state index is 0.598. The fourth-order valence-corrected chi connectivity index (χ4v) is 8.64. The lowest BCUT2D eigenvalue weighted by molar-refractivity contribution is 0.668. The molecule has 0 spiro atoms. The van der Waals surface area contributed by atoms with Gasteiger partial charge in [0.25, 0.3) is 0 Å². The monoisotopic (exact) mass is 714 g/mol. The Morgan fingerprint density at radius 1 is 0.357 bits per heavy atom. The molecule has 3 heterocycles. The van der Waals surface area contributed by atoms with Gasteiger partial charge in [0.1, 0.15) is 11.2 Å². The van der Waals surface area contributed by atoms with E-state index >= 15 is 0 Å². The molecule has 9 aromatic carbocycles. The lowest BCUT2D eigenvalue weighted by Gasteiger charge is -2.11. The molecule has 5 nitrogen and oxygen atoms in total. The standard InChI is InChI=1S/C51H30N4O/c1-2-14-33(15-3-1)49-52-50(39-21-10-18-31-12-6-8-19-37(31)39)54-51(53-49)41-22-11-23-45-48(41)40-26-25-36(30-46(40)56-45)55-43-27-24-32-13-7-9-20-38(32)47(43)42-28-34-16-4-5-17-35(34)29-44(42)55/h1-30H. The number of fused-ring (bicyclic) bond motifs is 10. The van der Waals surface area contributed by atoms with E-state index in [9.17, 15) is 0 Å². The first kappa shape index (κ1) is 30.8. The van der Waals surface area contributed by atoms with E-state index in [0.29, 0.717) is 17.5 Å². The summed E-state index contributed by atoms with van der Waals surface area (Å²) in [5.41, 5.74) is 7.71. The van der Waals surface area contributed by atoms with E-state index in [4.69, 9.17) is 19.4 Å². The number of aromatic nitrogens is 4. The summed E-state index contributed by atoms with van der Waals surface area (Å²) >= 11 is 0. The summed E-state index contributed by atoms with van der Waals surface area (Å²) in [5, 5.41) is 11.6. The predicted octanol–water partition coefficient (Wildman–Crippen LogP) is 13.3. The summed E-state index contributed by atoms with van der Waals surface area (Å²) in [6, 6.07) is 63.9. The number of rotatable bonds is 4. The summed E-state index contributed by atoms with van der Waals surface area (Å²) in [6.07, 6.45) is 0. The Morgan fingerprint density at radius 3 is 1.84 bits per heavy atom. The van der Waals surface area contributed by atoms with Crippen molar-refractivity contribution >= 4 is 76.1 Å². The van der Waals surface area contributed by atoms with Crippen molar-refractivity contribution < 1.29 is 4.42 Å². The molecule has 3 aromatic heterocycles. The lowest BCUT2D eigenvalue weighted by atomic mass is 10.0. The molecule has 0 bridgehead atoms. The van der Waals surface area contributed by atoms with E-state index in [1.807, 2.05) is 42.5 Å². The second kappa shape index (κ2) is 11.9. The zero-order chi connectivity index (χ0) is 36.7. The van der Waals surface area contributed by atoms with Crippen molar-refractivity contribution in [2.75, 3.05) is 0 Å². The Balaban J connectivity index is 1.09. The van der Waals surface area contributed by atoms with Crippen molar-refractivity contribution in [1.29, 1.82) is 0 Å². The van der Waals surface area contributed by atoms with E-state index in [1.165, 1.54) is 32.3 Å². The molecule has 0 radical (unpaired) electrons. The van der Waals surface area contributed by atoms with Gasteiger partial charge < -0.3 is 8.98 Å². The van der Waals surface area contributed by atoms with Crippen LogP contribution in [0, 0.1) is 0 Å². The third kappa shape index (κ3) is 4.64. The highest BCUT2D eigenvalue weighted by molar-refractivity contribution is 6.23. The predicted molar refractivity (Wildman–Crippen MR) is 230 cm³/mol. The van der Waals surface area contributed by atoms with Gasteiger partial charge >= 0.3 is 0 Å². The molecule has 0 aliphatic heterocycles. The fraction of sp³-hybridized carbons (Fsp3) is 0. The molecule has 12 rings (SSSR count). The highest BCUT2D eigenvalue weighted by Gasteiger charge is 2.21. The Labute approximate surface area is 320 Å². The van der Waals surface area contributed by atoms with E-state index in [2.05, 4.69) is 144 Å². The van der Waals surface area contributed by atoms with Gasteiger partial charge in [-0.1, -0.05) is 140 Å². The van der Waals surface area contributed by atoms with E-state index in [-0.39, 0.29) is 0 Å². The van der Waals surface area contributed by atoms with Gasteiger partial charge in [-0.25, -0.2) is 15.0 Å². The molecule has 5 heteroatoms. The SMILES string of the molecule is c1ccc(-c2nc(-c3cccc4ccccc34)nc(-c3cccc4oc5cc(-n6c7cc8ccccc8cc7c7c8ccccc8ccc76)ccc5c34)n2)cc1. The first-order valence-electron chi connectivity index (χ1n) is 18.9. The second-order valence-corrected chi connectivity index (χ2v) is 14.4. The van der Waals surface area contributed by atoms with Gasteiger partial charge in [0, 0.05) is 50.0 Å². The molecule has 0 aliphatic carbocycles. The van der Waals surface area contributed by atoms with E-state index < -0.39 is 0 Å². The van der Waals surface area contributed by atoms with Crippen LogP contribution in [0.2, 0.25) is 0 Å². The van der Waals surface area contributed by atoms with Gasteiger partial charge in [-0.05, 0) is 68.7 Å². The highest BCUT2D eigenvalue weighted by Crippen LogP contribution is 2.42. The van der Waals surface area contributed by atoms with Crippen molar-refractivity contribution in [3.8, 4) is 39.9 Å². The van der Waals surface area contributed by atoms with E-state index in [0.717, 1.165) is 66.1 Å². The number of benzene rings is 9. The maximum Gasteiger partial charge on any atom is 0.164 e. The van der Waals surface area contributed by atoms with Crippen LogP contribution in [0.5, 0.6) is 0 Å². The molecule has 0 saturated heterocycles. The normalized spacial score (nSPS) is 11.9. The molecule has 0 amide bonds. The van der Waals surface area contributed by atoms with Gasteiger partial charge in [0.2, 0.25) is 0 Å². The smallest absolute Gasteiger partial charge is 0.164 e. The summed E-state index contributed by atoms with van der Waals surface area (Å²) in [7, 11) is 0. The Bertz CT molecular complexity index is 3540. The minimum absolute atomic E-state index is 0.598. The molecule has 0 aliphatic rings. The van der Waals surface area contributed by atoms with Crippen molar-refractivity contribution in [2.45, 2.75) is 0 Å². The molecule has 56 heavy (non-hydrogen) atoms. The van der Waals surface area contributed by atoms with Crippen molar-refractivity contribution in [3.63, 3.8) is 0 Å². The van der Waals surface area contributed by atoms with Crippen LogP contribution in [-0.4, -0.2) is 19.5 Å².